The van der Waals surface area contributed by atoms with Gasteiger partial charge in [-0.2, -0.15) is 10.4 Å². The van der Waals surface area contributed by atoms with Crippen molar-refractivity contribution in [2.24, 2.45) is 0 Å². The molecular weight excluding hydrogens is 254 g/mol. The van der Waals surface area contributed by atoms with Gasteiger partial charge in [0, 0.05) is 4.90 Å². The molecule has 4 heteroatoms. The Morgan fingerprint density at radius 3 is 2.68 bits per heavy atom. The van der Waals surface area contributed by atoms with Crippen LogP contribution in [0.5, 0.6) is 0 Å². The van der Waals surface area contributed by atoms with Crippen molar-refractivity contribution in [2.75, 3.05) is 0 Å². The first kappa shape index (κ1) is 11.7. The summed E-state index contributed by atoms with van der Waals surface area (Å²) in [5.41, 5.74) is 0.549. The van der Waals surface area contributed by atoms with Crippen LogP contribution in [0, 0.1) is 11.3 Å². The van der Waals surface area contributed by atoms with Crippen molar-refractivity contribution in [3.05, 3.63) is 60.3 Å². The summed E-state index contributed by atoms with van der Waals surface area (Å²) >= 11 is 1.46. The first-order chi connectivity index (χ1) is 9.36. The van der Waals surface area contributed by atoms with Gasteiger partial charge in [-0.15, -0.1) is 5.10 Å². The van der Waals surface area contributed by atoms with Crippen LogP contribution >= 0.6 is 11.8 Å². The largest absolute Gasteiger partial charge is 0.192 e. The number of fused-ring (bicyclic) bond motifs is 1. The molecule has 0 amide bonds. The van der Waals surface area contributed by atoms with Crippen LogP contribution in [0.15, 0.2) is 64.6 Å². The smallest absolute Gasteiger partial charge is 0.141 e. The fourth-order valence-corrected chi connectivity index (χ4v) is 2.68. The summed E-state index contributed by atoms with van der Waals surface area (Å²) in [6, 6.07) is 18.2. The average molecular weight is 263 g/mol. The monoisotopic (exact) mass is 263 g/mol. The lowest BCUT2D eigenvalue weighted by Crippen LogP contribution is -1.88. The van der Waals surface area contributed by atoms with Gasteiger partial charge in [-0.25, -0.2) is 0 Å². The number of nitrogens with zero attached hydrogens (tertiary/aromatic N) is 3. The molecule has 0 bridgehead atoms. The van der Waals surface area contributed by atoms with Gasteiger partial charge in [-0.1, -0.05) is 42.1 Å². The summed E-state index contributed by atoms with van der Waals surface area (Å²) in [5, 5.41) is 19.9. The lowest BCUT2D eigenvalue weighted by molar-refractivity contribution is 0.920. The maximum atomic E-state index is 9.04. The van der Waals surface area contributed by atoms with Crippen LogP contribution in [0.1, 0.15) is 5.56 Å². The van der Waals surface area contributed by atoms with Gasteiger partial charge in [0.1, 0.15) is 11.1 Å². The van der Waals surface area contributed by atoms with E-state index in [-0.39, 0.29) is 0 Å². The normalized spacial score (nSPS) is 10.3. The lowest BCUT2D eigenvalue weighted by Gasteiger charge is -2.03. The Morgan fingerprint density at radius 2 is 1.84 bits per heavy atom. The van der Waals surface area contributed by atoms with E-state index in [0.717, 1.165) is 4.90 Å². The van der Waals surface area contributed by atoms with Gasteiger partial charge in [0.2, 0.25) is 0 Å². The molecule has 2 aromatic carbocycles. The van der Waals surface area contributed by atoms with Crippen molar-refractivity contribution in [3.63, 3.8) is 0 Å². The van der Waals surface area contributed by atoms with Crippen LogP contribution in [0.25, 0.3) is 10.8 Å². The zero-order valence-corrected chi connectivity index (χ0v) is 10.8. The predicted octanol–water partition coefficient (Wildman–Crippen LogP) is 3.65. The molecule has 19 heavy (non-hydrogen) atoms. The molecule has 0 fully saturated rings. The van der Waals surface area contributed by atoms with Crippen molar-refractivity contribution in [2.45, 2.75) is 9.92 Å². The second kappa shape index (κ2) is 5.09. The minimum absolute atomic E-state index is 0.549. The number of hydrogen-bond acceptors (Lipinski definition) is 4. The average Bonchev–Trinajstić information content (AvgIpc) is 2.48. The molecule has 0 saturated heterocycles. The predicted molar refractivity (Wildman–Crippen MR) is 74.8 cm³/mol. The summed E-state index contributed by atoms with van der Waals surface area (Å²) in [6.07, 6.45) is 1.53. The van der Waals surface area contributed by atoms with E-state index in [1.807, 2.05) is 18.2 Å². The fraction of sp³-hybridized carbons (Fsp3) is 0. The van der Waals surface area contributed by atoms with Gasteiger partial charge in [0.05, 0.1) is 11.8 Å². The van der Waals surface area contributed by atoms with Crippen molar-refractivity contribution >= 4 is 22.5 Å². The van der Waals surface area contributed by atoms with Gasteiger partial charge in [0.25, 0.3) is 0 Å². The van der Waals surface area contributed by atoms with Crippen molar-refractivity contribution in [3.8, 4) is 6.07 Å². The molecule has 1 aromatic heterocycles. The van der Waals surface area contributed by atoms with Gasteiger partial charge >= 0.3 is 0 Å². The summed E-state index contributed by atoms with van der Waals surface area (Å²) in [7, 11) is 0. The number of hydrogen-bond donors (Lipinski definition) is 0. The molecule has 0 atom stereocenters. The SMILES string of the molecule is N#Cc1ccnnc1Sc1ccc2ccccc2c1. The molecule has 0 spiro atoms. The minimum atomic E-state index is 0.549. The zero-order valence-electron chi connectivity index (χ0n) is 9.95. The van der Waals surface area contributed by atoms with Crippen LogP contribution in [0.2, 0.25) is 0 Å². The Bertz CT molecular complexity index is 777. The Morgan fingerprint density at radius 1 is 1.00 bits per heavy atom. The highest BCUT2D eigenvalue weighted by molar-refractivity contribution is 7.99. The minimum Gasteiger partial charge on any atom is -0.192 e. The van der Waals surface area contributed by atoms with Crippen LogP contribution in [0.3, 0.4) is 0 Å². The fourth-order valence-electron chi connectivity index (χ4n) is 1.82. The quantitative estimate of drug-likeness (QED) is 0.708. The third-order valence-electron chi connectivity index (χ3n) is 2.74. The van der Waals surface area contributed by atoms with Crippen LogP contribution in [0.4, 0.5) is 0 Å². The van der Waals surface area contributed by atoms with E-state index in [0.29, 0.717) is 10.6 Å². The van der Waals surface area contributed by atoms with E-state index in [1.165, 1.54) is 28.7 Å². The van der Waals surface area contributed by atoms with Crippen LogP contribution < -0.4 is 0 Å². The Labute approximate surface area is 114 Å². The number of aromatic nitrogens is 2. The molecule has 0 radical (unpaired) electrons. The maximum absolute atomic E-state index is 9.04. The highest BCUT2D eigenvalue weighted by atomic mass is 32.2. The molecule has 3 aromatic rings. The molecule has 3 nitrogen and oxygen atoms in total. The van der Waals surface area contributed by atoms with E-state index < -0.39 is 0 Å². The van der Waals surface area contributed by atoms with Gasteiger partial charge in [0.15, 0.2) is 0 Å². The van der Waals surface area contributed by atoms with E-state index in [2.05, 4.69) is 40.5 Å². The summed E-state index contributed by atoms with van der Waals surface area (Å²) in [4.78, 5) is 1.05. The summed E-state index contributed by atoms with van der Waals surface area (Å²) in [5.74, 6) is 0. The number of nitriles is 1. The summed E-state index contributed by atoms with van der Waals surface area (Å²) < 4.78 is 0. The summed E-state index contributed by atoms with van der Waals surface area (Å²) in [6.45, 7) is 0. The van der Waals surface area contributed by atoms with E-state index in [9.17, 15) is 0 Å². The molecule has 0 aliphatic rings. The van der Waals surface area contributed by atoms with Gasteiger partial charge in [-0.3, -0.25) is 0 Å². The number of rotatable bonds is 2. The van der Waals surface area contributed by atoms with Gasteiger partial charge in [-0.05, 0) is 29.0 Å². The standard InChI is InChI=1S/C15H9N3S/c16-10-13-7-8-17-18-15(13)19-14-6-5-11-3-1-2-4-12(11)9-14/h1-9H. The molecule has 0 N–H and O–H groups in total. The Kier molecular flexibility index (Phi) is 3.13. The van der Waals surface area contributed by atoms with Crippen molar-refractivity contribution in [1.29, 1.82) is 5.26 Å². The third kappa shape index (κ3) is 2.42. The molecule has 1 heterocycles. The first-order valence-corrected chi connectivity index (χ1v) is 6.57. The second-order valence-corrected chi connectivity index (χ2v) is 5.04. The topological polar surface area (TPSA) is 49.6 Å². The molecular formula is C15H9N3S. The van der Waals surface area contributed by atoms with E-state index in [1.54, 1.807) is 6.07 Å². The van der Waals surface area contributed by atoms with E-state index >= 15 is 0 Å². The molecule has 90 valence electrons. The van der Waals surface area contributed by atoms with E-state index in [4.69, 9.17) is 5.26 Å². The highest BCUT2D eigenvalue weighted by Crippen LogP contribution is 2.30. The Balaban J connectivity index is 1.99. The first-order valence-electron chi connectivity index (χ1n) is 5.75. The Hall–Kier alpha value is -2.38. The van der Waals surface area contributed by atoms with Crippen LogP contribution in [-0.2, 0) is 0 Å². The highest BCUT2D eigenvalue weighted by Gasteiger charge is 2.06. The van der Waals surface area contributed by atoms with Crippen molar-refractivity contribution < 1.29 is 0 Å². The molecule has 0 unspecified atom stereocenters. The van der Waals surface area contributed by atoms with Crippen LogP contribution in [-0.4, -0.2) is 10.2 Å². The molecule has 0 aliphatic heterocycles. The van der Waals surface area contributed by atoms with Gasteiger partial charge < -0.3 is 0 Å². The third-order valence-corrected chi connectivity index (χ3v) is 3.73. The molecule has 0 saturated carbocycles. The lowest BCUT2D eigenvalue weighted by atomic mass is 10.1. The van der Waals surface area contributed by atoms with Crippen molar-refractivity contribution in [1.82, 2.24) is 10.2 Å². The second-order valence-electron chi connectivity index (χ2n) is 3.97. The molecule has 0 aliphatic carbocycles. The molecule has 3 rings (SSSR count). The number of benzene rings is 2. The maximum Gasteiger partial charge on any atom is 0.141 e. The zero-order chi connectivity index (χ0) is 13.1.